The van der Waals surface area contributed by atoms with Gasteiger partial charge in [0.2, 0.25) is 0 Å². The van der Waals surface area contributed by atoms with Gasteiger partial charge in [0.25, 0.3) is 5.91 Å². The molecular formula is C20H19ClN2O2S. The third-order valence-corrected chi connectivity index (χ3v) is 5.56. The van der Waals surface area contributed by atoms with Crippen LogP contribution in [0.2, 0.25) is 5.02 Å². The van der Waals surface area contributed by atoms with Crippen LogP contribution in [0.5, 0.6) is 5.75 Å². The summed E-state index contributed by atoms with van der Waals surface area (Å²) in [6.45, 7) is 6.41. The van der Waals surface area contributed by atoms with Gasteiger partial charge in [-0.1, -0.05) is 23.7 Å². The summed E-state index contributed by atoms with van der Waals surface area (Å²) in [5.74, 6) is 0.500. The van der Waals surface area contributed by atoms with Crippen molar-refractivity contribution in [2.24, 2.45) is 5.10 Å². The minimum absolute atomic E-state index is 0.306. The molecule has 0 bridgehead atoms. The smallest absolute Gasteiger partial charge is 0.283 e. The Labute approximate surface area is 161 Å². The van der Waals surface area contributed by atoms with Crippen molar-refractivity contribution in [1.29, 1.82) is 0 Å². The number of carbonyl (C=O) groups is 1. The number of rotatable bonds is 5. The van der Waals surface area contributed by atoms with Gasteiger partial charge in [-0.15, -0.1) is 11.3 Å². The molecule has 0 unspecified atom stereocenters. The third kappa shape index (κ3) is 3.89. The molecule has 0 radical (unpaired) electrons. The monoisotopic (exact) mass is 386 g/mol. The van der Waals surface area contributed by atoms with E-state index in [9.17, 15) is 4.79 Å². The highest BCUT2D eigenvalue weighted by molar-refractivity contribution is 7.21. The van der Waals surface area contributed by atoms with E-state index in [0.717, 1.165) is 27.0 Å². The summed E-state index contributed by atoms with van der Waals surface area (Å²) in [5, 5.41) is 5.56. The van der Waals surface area contributed by atoms with Gasteiger partial charge in [-0.05, 0) is 62.2 Å². The van der Waals surface area contributed by atoms with E-state index in [-0.39, 0.29) is 5.91 Å². The predicted octanol–water partition coefficient (Wildman–Crippen LogP) is 5.42. The minimum Gasteiger partial charge on any atom is -0.494 e. The number of hydrazone groups is 1. The molecule has 6 heteroatoms. The molecule has 3 rings (SSSR count). The number of hydrogen-bond acceptors (Lipinski definition) is 4. The number of thiophene rings is 1. The van der Waals surface area contributed by atoms with Crippen molar-refractivity contribution in [3.8, 4) is 5.75 Å². The Morgan fingerprint density at radius 2 is 1.96 bits per heavy atom. The first-order valence-corrected chi connectivity index (χ1v) is 9.45. The van der Waals surface area contributed by atoms with Crippen LogP contribution in [0.15, 0.2) is 47.6 Å². The molecule has 134 valence electrons. The number of carbonyl (C=O) groups excluding carboxylic acids is 1. The fraction of sp³-hybridized carbons (Fsp3) is 0.200. The van der Waals surface area contributed by atoms with Crippen LogP contribution >= 0.6 is 22.9 Å². The Balaban J connectivity index is 1.77. The van der Waals surface area contributed by atoms with Crippen LogP contribution in [0.1, 0.15) is 34.6 Å². The van der Waals surface area contributed by atoms with Crippen molar-refractivity contribution in [1.82, 2.24) is 5.43 Å². The quantitative estimate of drug-likeness (QED) is 0.470. The molecule has 0 aliphatic rings. The van der Waals surface area contributed by atoms with Crippen LogP contribution < -0.4 is 10.2 Å². The van der Waals surface area contributed by atoms with Crippen molar-refractivity contribution < 1.29 is 9.53 Å². The van der Waals surface area contributed by atoms with Gasteiger partial charge in [-0.25, -0.2) is 5.43 Å². The number of halogens is 1. The van der Waals surface area contributed by atoms with Gasteiger partial charge in [-0.2, -0.15) is 5.10 Å². The lowest BCUT2D eigenvalue weighted by Gasteiger charge is -2.05. The number of amides is 1. The summed E-state index contributed by atoms with van der Waals surface area (Å²) in [7, 11) is 0. The van der Waals surface area contributed by atoms with E-state index in [1.165, 1.54) is 11.3 Å². The van der Waals surface area contributed by atoms with Gasteiger partial charge in [-0.3, -0.25) is 4.79 Å². The van der Waals surface area contributed by atoms with Crippen LogP contribution in [-0.2, 0) is 0 Å². The molecule has 1 amide bonds. The summed E-state index contributed by atoms with van der Waals surface area (Å²) in [4.78, 5) is 13.0. The lowest BCUT2D eigenvalue weighted by atomic mass is 10.1. The first-order valence-electron chi connectivity index (χ1n) is 8.26. The van der Waals surface area contributed by atoms with E-state index < -0.39 is 0 Å². The van der Waals surface area contributed by atoms with Gasteiger partial charge >= 0.3 is 0 Å². The first kappa shape index (κ1) is 18.4. The summed E-state index contributed by atoms with van der Waals surface area (Å²) in [6, 6.07) is 13.5. The third-order valence-electron chi connectivity index (χ3n) is 3.90. The molecule has 0 atom stereocenters. The molecule has 0 aliphatic heterocycles. The Bertz CT molecular complexity index is 977. The van der Waals surface area contributed by atoms with E-state index in [4.69, 9.17) is 16.3 Å². The zero-order valence-electron chi connectivity index (χ0n) is 14.8. The van der Waals surface area contributed by atoms with E-state index >= 15 is 0 Å². The maximum atomic E-state index is 12.5. The maximum absolute atomic E-state index is 12.5. The Morgan fingerprint density at radius 3 is 2.65 bits per heavy atom. The summed E-state index contributed by atoms with van der Waals surface area (Å²) in [6.07, 6.45) is 0. The highest BCUT2D eigenvalue weighted by Gasteiger charge is 2.17. The van der Waals surface area contributed by atoms with E-state index in [1.807, 2.05) is 63.2 Å². The normalized spacial score (nSPS) is 11.6. The SMILES string of the molecule is CCOc1ccc(C(C)=NNC(=O)c2sc3cc(C)ccc3c2Cl)cc1. The van der Waals surface area contributed by atoms with Crippen LogP contribution in [0.4, 0.5) is 0 Å². The molecule has 4 nitrogen and oxygen atoms in total. The van der Waals surface area contributed by atoms with Gasteiger partial charge in [0.15, 0.2) is 0 Å². The molecule has 2 aromatic carbocycles. The number of ether oxygens (including phenoxy) is 1. The molecule has 0 saturated heterocycles. The summed E-state index contributed by atoms with van der Waals surface area (Å²) >= 11 is 7.74. The number of nitrogens with zero attached hydrogens (tertiary/aromatic N) is 1. The zero-order chi connectivity index (χ0) is 18.7. The lowest BCUT2D eigenvalue weighted by molar-refractivity contribution is 0.0959. The largest absolute Gasteiger partial charge is 0.494 e. The molecule has 0 aliphatic carbocycles. The highest BCUT2D eigenvalue weighted by Crippen LogP contribution is 2.35. The van der Waals surface area contributed by atoms with Gasteiger partial charge in [0.1, 0.15) is 10.6 Å². The molecular weight excluding hydrogens is 368 g/mol. The van der Waals surface area contributed by atoms with Crippen molar-refractivity contribution in [3.63, 3.8) is 0 Å². The summed E-state index contributed by atoms with van der Waals surface area (Å²) in [5.41, 5.74) is 5.34. The Morgan fingerprint density at radius 1 is 1.23 bits per heavy atom. The van der Waals surface area contributed by atoms with Crippen LogP contribution in [-0.4, -0.2) is 18.2 Å². The van der Waals surface area contributed by atoms with Gasteiger partial charge in [0, 0.05) is 10.1 Å². The lowest BCUT2D eigenvalue weighted by Crippen LogP contribution is -2.18. The van der Waals surface area contributed by atoms with Crippen LogP contribution in [0.3, 0.4) is 0 Å². The molecule has 0 spiro atoms. The van der Waals surface area contributed by atoms with Gasteiger partial charge < -0.3 is 4.74 Å². The van der Waals surface area contributed by atoms with Crippen molar-refractivity contribution in [2.75, 3.05) is 6.61 Å². The number of fused-ring (bicyclic) bond motifs is 1. The molecule has 1 N–H and O–H groups in total. The Hall–Kier alpha value is -2.37. The topological polar surface area (TPSA) is 50.7 Å². The van der Waals surface area contributed by atoms with Crippen LogP contribution in [0, 0.1) is 6.92 Å². The van der Waals surface area contributed by atoms with Crippen molar-refractivity contribution in [2.45, 2.75) is 20.8 Å². The summed E-state index contributed by atoms with van der Waals surface area (Å²) < 4.78 is 6.42. The predicted molar refractivity (Wildman–Crippen MR) is 109 cm³/mol. The fourth-order valence-electron chi connectivity index (χ4n) is 2.53. The average Bonchev–Trinajstić information content (AvgIpc) is 2.96. The van der Waals surface area contributed by atoms with Gasteiger partial charge in [0.05, 0.1) is 17.3 Å². The van der Waals surface area contributed by atoms with Crippen molar-refractivity contribution >= 4 is 44.6 Å². The minimum atomic E-state index is -0.306. The second kappa shape index (κ2) is 7.89. The van der Waals surface area contributed by atoms with E-state index in [1.54, 1.807) is 0 Å². The van der Waals surface area contributed by atoms with E-state index in [2.05, 4.69) is 10.5 Å². The average molecular weight is 387 g/mol. The van der Waals surface area contributed by atoms with E-state index in [0.29, 0.717) is 22.2 Å². The first-order chi connectivity index (χ1) is 12.5. The Kier molecular flexibility index (Phi) is 5.59. The maximum Gasteiger partial charge on any atom is 0.283 e. The number of benzene rings is 2. The standard InChI is InChI=1S/C20H19ClN2O2S/c1-4-25-15-8-6-14(7-9-15)13(3)22-23-20(24)19-18(21)16-10-5-12(2)11-17(16)26-19/h5-11H,4H2,1-3H3,(H,23,24). The molecule has 26 heavy (non-hydrogen) atoms. The molecule has 3 aromatic rings. The molecule has 0 saturated carbocycles. The molecule has 1 aromatic heterocycles. The molecule has 0 fully saturated rings. The highest BCUT2D eigenvalue weighted by atomic mass is 35.5. The number of hydrogen-bond donors (Lipinski definition) is 1. The zero-order valence-corrected chi connectivity index (χ0v) is 16.4. The fourth-order valence-corrected chi connectivity index (χ4v) is 4.03. The van der Waals surface area contributed by atoms with Crippen molar-refractivity contribution in [3.05, 3.63) is 63.5 Å². The number of aryl methyl sites for hydroxylation is 1. The molecule has 1 heterocycles. The number of nitrogens with one attached hydrogen (secondary N) is 1. The second-order valence-electron chi connectivity index (χ2n) is 5.84. The van der Waals surface area contributed by atoms with Crippen LogP contribution in [0.25, 0.3) is 10.1 Å². The second-order valence-corrected chi connectivity index (χ2v) is 7.27.